The number of ether oxygens (including phenoxy) is 1. The predicted molar refractivity (Wildman–Crippen MR) is 149 cm³/mol. The number of phenols is 1. The van der Waals surface area contributed by atoms with Gasteiger partial charge in [0.05, 0.1) is 0 Å². The molecule has 2 aromatic rings. The van der Waals surface area contributed by atoms with Crippen LogP contribution in [-0.2, 0) is 20.7 Å². The maximum Gasteiger partial charge on any atom is 0.408 e. The van der Waals surface area contributed by atoms with Gasteiger partial charge in [-0.05, 0) is 83.7 Å². The van der Waals surface area contributed by atoms with E-state index in [0.29, 0.717) is 13.0 Å². The number of hydrogen-bond acceptors (Lipinski definition) is 5. The largest absolute Gasteiger partial charge is 0.508 e. The van der Waals surface area contributed by atoms with Crippen molar-refractivity contribution in [3.8, 4) is 5.75 Å². The molecule has 38 heavy (non-hydrogen) atoms. The van der Waals surface area contributed by atoms with Gasteiger partial charge in [-0.2, -0.15) is 0 Å². The third-order valence-electron chi connectivity index (χ3n) is 5.82. The Morgan fingerprint density at radius 1 is 1.00 bits per heavy atom. The fraction of sp³-hybridized carbons (Fsp3) is 0.500. The number of rotatable bonds is 10. The second-order valence-electron chi connectivity index (χ2n) is 11.0. The summed E-state index contributed by atoms with van der Waals surface area (Å²) >= 11 is 0. The average Bonchev–Trinajstić information content (AvgIpc) is 2.79. The number of nitrogens with zero attached hydrogens (tertiary/aromatic N) is 1. The Bertz CT molecular complexity index is 1110. The van der Waals surface area contributed by atoms with Crippen LogP contribution >= 0.6 is 0 Å². The molecule has 0 aliphatic carbocycles. The van der Waals surface area contributed by atoms with E-state index in [9.17, 15) is 19.5 Å². The van der Waals surface area contributed by atoms with E-state index < -0.39 is 29.7 Å². The highest BCUT2D eigenvalue weighted by atomic mass is 16.6. The Morgan fingerprint density at radius 2 is 1.63 bits per heavy atom. The molecule has 0 bridgehead atoms. The fourth-order valence-electron chi connectivity index (χ4n) is 4.27. The number of alkyl carbamates (subject to hydrolysis) is 1. The topological polar surface area (TPSA) is 108 Å². The molecule has 2 rings (SSSR count). The summed E-state index contributed by atoms with van der Waals surface area (Å²) in [6, 6.07) is 10.3. The van der Waals surface area contributed by atoms with Gasteiger partial charge in [-0.1, -0.05) is 42.8 Å². The summed E-state index contributed by atoms with van der Waals surface area (Å²) in [6.07, 6.45) is 0.0468. The minimum Gasteiger partial charge on any atom is -0.508 e. The van der Waals surface area contributed by atoms with E-state index in [0.717, 1.165) is 22.3 Å². The normalized spacial score (nSPS) is 13.0. The maximum atomic E-state index is 14.2. The molecule has 0 aliphatic rings. The lowest BCUT2D eigenvalue weighted by Crippen LogP contribution is -2.54. The molecule has 8 heteroatoms. The summed E-state index contributed by atoms with van der Waals surface area (Å²) in [5.41, 5.74) is 2.68. The SMILES string of the molecule is CCCN(C(=O)C(Cc1ccc(O)cc1)NC(=O)OC(C)(C)C)C(C(=O)NC(C)C)c1ccc(C)cc1C. The van der Waals surface area contributed by atoms with Gasteiger partial charge in [0.25, 0.3) is 0 Å². The third kappa shape index (κ3) is 9.08. The van der Waals surface area contributed by atoms with Crippen molar-refractivity contribution >= 4 is 17.9 Å². The first kappa shape index (κ1) is 30.7. The predicted octanol–water partition coefficient (Wildman–Crippen LogP) is 4.95. The number of nitrogens with one attached hydrogen (secondary N) is 2. The Balaban J connectivity index is 2.56. The minimum atomic E-state index is -0.999. The standard InChI is InChI=1S/C30H43N3O5/c1-9-16-33(26(27(35)31-19(2)3)24-15-10-20(4)17-21(24)5)28(36)25(32-29(37)38-30(6,7)8)18-22-11-13-23(34)14-12-22/h10-15,17,19,25-26,34H,9,16,18H2,1-8H3,(H,31,35)(H,32,37). The van der Waals surface area contributed by atoms with E-state index in [1.807, 2.05) is 52.8 Å². The highest BCUT2D eigenvalue weighted by molar-refractivity contribution is 5.92. The molecule has 2 aromatic carbocycles. The molecule has 0 heterocycles. The first-order chi connectivity index (χ1) is 17.7. The summed E-state index contributed by atoms with van der Waals surface area (Å²) in [4.78, 5) is 42.1. The van der Waals surface area contributed by atoms with Crippen molar-refractivity contribution in [2.75, 3.05) is 6.54 Å². The first-order valence-corrected chi connectivity index (χ1v) is 13.2. The van der Waals surface area contributed by atoms with Crippen LogP contribution in [-0.4, -0.2) is 52.1 Å². The van der Waals surface area contributed by atoms with Crippen LogP contribution in [0.2, 0.25) is 0 Å². The van der Waals surface area contributed by atoms with Crippen molar-refractivity contribution in [2.45, 2.75) is 92.0 Å². The number of phenolic OH excluding ortho intramolecular Hbond substituents is 1. The molecular weight excluding hydrogens is 482 g/mol. The molecule has 208 valence electrons. The molecule has 0 aliphatic heterocycles. The van der Waals surface area contributed by atoms with Crippen LogP contribution in [0.4, 0.5) is 4.79 Å². The highest BCUT2D eigenvalue weighted by Crippen LogP contribution is 2.27. The van der Waals surface area contributed by atoms with Crippen LogP contribution in [0.15, 0.2) is 42.5 Å². The molecule has 0 fully saturated rings. The first-order valence-electron chi connectivity index (χ1n) is 13.2. The van der Waals surface area contributed by atoms with Crippen molar-refractivity contribution in [1.29, 1.82) is 0 Å². The van der Waals surface area contributed by atoms with E-state index in [1.54, 1.807) is 37.8 Å². The van der Waals surface area contributed by atoms with Crippen LogP contribution in [0.3, 0.4) is 0 Å². The van der Waals surface area contributed by atoms with Gasteiger partial charge in [-0.3, -0.25) is 9.59 Å². The monoisotopic (exact) mass is 525 g/mol. The van der Waals surface area contributed by atoms with Gasteiger partial charge in [0, 0.05) is 19.0 Å². The number of aromatic hydroxyl groups is 1. The molecule has 8 nitrogen and oxygen atoms in total. The summed E-state index contributed by atoms with van der Waals surface area (Å²) in [6.45, 7) is 15.2. The Labute approximate surface area is 226 Å². The number of aryl methyl sites for hydroxylation is 2. The fourth-order valence-corrected chi connectivity index (χ4v) is 4.27. The average molecular weight is 526 g/mol. The molecule has 2 atom stereocenters. The van der Waals surface area contributed by atoms with Crippen molar-refractivity contribution in [3.05, 3.63) is 64.7 Å². The molecule has 0 aromatic heterocycles. The molecule has 0 saturated heterocycles. The Morgan fingerprint density at radius 3 is 2.16 bits per heavy atom. The molecule has 3 amide bonds. The lowest BCUT2D eigenvalue weighted by molar-refractivity contribution is -0.142. The maximum absolute atomic E-state index is 14.2. The van der Waals surface area contributed by atoms with Crippen molar-refractivity contribution < 1.29 is 24.2 Å². The molecular formula is C30H43N3O5. The van der Waals surface area contributed by atoms with Gasteiger partial charge < -0.3 is 25.4 Å². The zero-order valence-corrected chi connectivity index (χ0v) is 23.9. The lowest BCUT2D eigenvalue weighted by atomic mass is 9.95. The summed E-state index contributed by atoms with van der Waals surface area (Å²) < 4.78 is 5.45. The number of hydrogen-bond donors (Lipinski definition) is 3. The molecule has 2 unspecified atom stereocenters. The number of benzene rings is 2. The van der Waals surface area contributed by atoms with Gasteiger partial charge >= 0.3 is 6.09 Å². The third-order valence-corrected chi connectivity index (χ3v) is 5.82. The number of amides is 3. The smallest absolute Gasteiger partial charge is 0.408 e. The Kier molecular flexibility index (Phi) is 10.7. The van der Waals surface area contributed by atoms with E-state index >= 15 is 0 Å². The van der Waals surface area contributed by atoms with Gasteiger partial charge in [0.15, 0.2) is 0 Å². The van der Waals surface area contributed by atoms with Gasteiger partial charge in [-0.15, -0.1) is 0 Å². The van der Waals surface area contributed by atoms with Crippen molar-refractivity contribution in [2.24, 2.45) is 0 Å². The van der Waals surface area contributed by atoms with Crippen molar-refractivity contribution in [1.82, 2.24) is 15.5 Å². The Hall–Kier alpha value is -3.55. The van der Waals surface area contributed by atoms with Crippen LogP contribution in [0.1, 0.15) is 76.3 Å². The summed E-state index contributed by atoms with van der Waals surface area (Å²) in [5, 5.41) is 15.4. The van der Waals surface area contributed by atoms with Gasteiger partial charge in [0.1, 0.15) is 23.4 Å². The molecule has 0 spiro atoms. The van der Waals surface area contributed by atoms with E-state index in [1.165, 1.54) is 12.1 Å². The van der Waals surface area contributed by atoms with E-state index in [2.05, 4.69) is 10.6 Å². The lowest BCUT2D eigenvalue weighted by Gasteiger charge is -2.35. The van der Waals surface area contributed by atoms with Crippen LogP contribution < -0.4 is 10.6 Å². The quantitative estimate of drug-likeness (QED) is 0.407. The van der Waals surface area contributed by atoms with Crippen molar-refractivity contribution in [3.63, 3.8) is 0 Å². The second kappa shape index (κ2) is 13.3. The molecule has 0 radical (unpaired) electrons. The van der Waals surface area contributed by atoms with Gasteiger partial charge in [-0.25, -0.2) is 4.79 Å². The van der Waals surface area contributed by atoms with E-state index in [4.69, 9.17) is 4.74 Å². The summed E-state index contributed by atoms with van der Waals surface area (Å²) in [5.74, 6) is -0.575. The van der Waals surface area contributed by atoms with Crippen LogP contribution in [0.25, 0.3) is 0 Å². The van der Waals surface area contributed by atoms with Crippen LogP contribution in [0, 0.1) is 13.8 Å². The summed E-state index contributed by atoms with van der Waals surface area (Å²) in [7, 11) is 0. The number of carbonyl (C=O) groups excluding carboxylic acids is 3. The highest BCUT2D eigenvalue weighted by Gasteiger charge is 2.36. The zero-order chi connectivity index (χ0) is 28.6. The van der Waals surface area contributed by atoms with E-state index in [-0.39, 0.29) is 24.1 Å². The van der Waals surface area contributed by atoms with Gasteiger partial charge in [0.2, 0.25) is 11.8 Å². The minimum absolute atomic E-state index is 0.101. The number of carbonyl (C=O) groups is 3. The van der Waals surface area contributed by atoms with Crippen LogP contribution in [0.5, 0.6) is 5.75 Å². The molecule has 0 saturated carbocycles. The second-order valence-corrected chi connectivity index (χ2v) is 11.0. The molecule has 3 N–H and O–H groups in total. The zero-order valence-electron chi connectivity index (χ0n) is 23.9.